The first kappa shape index (κ1) is 28.2. The fourth-order valence-corrected chi connectivity index (χ4v) is 9.39. The number of allylic oxidation sites excluding steroid dienone is 1. The minimum Gasteiger partial charge on any atom is -0.431 e. The maximum Gasteiger partial charge on any atom is 0.335 e. The topological polar surface area (TPSA) is 167 Å². The van der Waals surface area contributed by atoms with Crippen molar-refractivity contribution in [1.82, 2.24) is 0 Å². The Morgan fingerprint density at radius 1 is 1.02 bits per heavy atom. The second-order valence-corrected chi connectivity index (χ2v) is 12.9. The lowest BCUT2D eigenvalue weighted by atomic mass is 9.42. The van der Waals surface area contributed by atoms with Crippen molar-refractivity contribution < 1.29 is 44.2 Å². The van der Waals surface area contributed by atoms with E-state index in [-0.39, 0.29) is 17.8 Å². The van der Waals surface area contributed by atoms with Crippen LogP contribution in [0.4, 0.5) is 0 Å². The zero-order chi connectivity index (χ0) is 28.5. The number of aliphatic hydroxyl groups excluding tert-OH is 4. The van der Waals surface area contributed by atoms with Crippen molar-refractivity contribution in [3.05, 3.63) is 46.5 Å². The van der Waals surface area contributed by atoms with Crippen LogP contribution in [-0.2, 0) is 14.3 Å². The van der Waals surface area contributed by atoms with Gasteiger partial charge in [-0.2, -0.15) is 0 Å². The third-order valence-electron chi connectivity index (χ3n) is 11.5. The van der Waals surface area contributed by atoms with Crippen LogP contribution in [0.15, 0.2) is 39.8 Å². The molecule has 3 saturated carbocycles. The Kier molecular flexibility index (Phi) is 6.93. The number of aliphatic hydroxyl groups is 5. The third-order valence-corrected chi connectivity index (χ3v) is 11.5. The van der Waals surface area contributed by atoms with Gasteiger partial charge in [-0.3, -0.25) is 0 Å². The quantitative estimate of drug-likeness (QED) is 0.200. The molecule has 0 bridgehead atoms. The van der Waals surface area contributed by atoms with E-state index in [0.29, 0.717) is 44.9 Å². The molecule has 1 aromatic rings. The summed E-state index contributed by atoms with van der Waals surface area (Å²) in [6, 6.07) is 3.21. The molecule has 0 aromatic carbocycles. The minimum atomic E-state index is -1.59. The Morgan fingerprint density at radius 3 is 2.50 bits per heavy atom. The molecule has 0 amide bonds. The lowest BCUT2D eigenvalue weighted by Crippen LogP contribution is -2.69. The second kappa shape index (κ2) is 9.83. The van der Waals surface area contributed by atoms with Gasteiger partial charge >= 0.3 is 5.63 Å². The van der Waals surface area contributed by atoms with Gasteiger partial charge in [-0.25, -0.2) is 4.79 Å². The van der Waals surface area contributed by atoms with Gasteiger partial charge in [0.2, 0.25) is 0 Å². The van der Waals surface area contributed by atoms with Crippen LogP contribution < -0.4 is 5.63 Å². The molecular weight excluding hydrogens is 520 g/mol. The predicted octanol–water partition coefficient (Wildman–Crippen LogP) is 1.17. The number of ether oxygens (including phenoxy) is 2. The average molecular weight is 561 g/mol. The molecule has 2 heterocycles. The maximum absolute atomic E-state index is 13.3. The van der Waals surface area contributed by atoms with E-state index < -0.39 is 65.0 Å². The maximum atomic E-state index is 13.3. The molecule has 4 fully saturated rings. The zero-order valence-corrected chi connectivity index (χ0v) is 22.7. The first-order chi connectivity index (χ1) is 19.1. The van der Waals surface area contributed by atoms with E-state index >= 15 is 0 Å². The molecule has 12 unspecified atom stereocenters. The van der Waals surface area contributed by atoms with Gasteiger partial charge in [-0.15, -0.1) is 0 Å². The molecule has 1 saturated heterocycles. The van der Waals surface area contributed by atoms with E-state index in [4.69, 9.17) is 13.9 Å². The van der Waals surface area contributed by atoms with Gasteiger partial charge in [0, 0.05) is 11.5 Å². The summed E-state index contributed by atoms with van der Waals surface area (Å²) in [5.74, 6) is -0.354. The van der Waals surface area contributed by atoms with E-state index in [1.807, 2.05) is 12.2 Å². The summed E-state index contributed by atoms with van der Waals surface area (Å²) in [4.78, 5) is 24.8. The van der Waals surface area contributed by atoms with Gasteiger partial charge in [-0.1, -0.05) is 19.1 Å². The highest BCUT2D eigenvalue weighted by molar-refractivity contribution is 5.65. The molecule has 40 heavy (non-hydrogen) atoms. The summed E-state index contributed by atoms with van der Waals surface area (Å²) in [6.45, 7) is 1.54. The summed E-state index contributed by atoms with van der Waals surface area (Å²) in [6.07, 6.45) is 3.95. The standard InChI is InChI=1S/C30H40O10/c1-27-11-6-19-20(30(27,37)13-8-18(27)17-4-5-22(33)38-15-17)7-12-29(10-3-2-9-28(19,29)16-32)40-26-25(36)24(35)23(34)21(14-31)39-26/h3-5,10,15-16,18-21,23-26,31,34-37H,2,6-9,11-14H2,1H3. The smallest absolute Gasteiger partial charge is 0.335 e. The average Bonchev–Trinajstić information content (AvgIpc) is 3.24. The largest absolute Gasteiger partial charge is 0.431 e. The molecule has 10 heteroatoms. The van der Waals surface area contributed by atoms with Crippen LogP contribution in [0.25, 0.3) is 0 Å². The van der Waals surface area contributed by atoms with Crippen LogP contribution in [0.5, 0.6) is 0 Å². The van der Waals surface area contributed by atoms with Crippen LogP contribution in [0.1, 0.15) is 69.8 Å². The van der Waals surface area contributed by atoms with Crippen molar-refractivity contribution >= 4 is 6.29 Å². The number of hydrogen-bond donors (Lipinski definition) is 5. The molecule has 0 spiro atoms. The molecule has 220 valence electrons. The Bertz CT molecular complexity index is 1190. The summed E-state index contributed by atoms with van der Waals surface area (Å²) in [5, 5.41) is 53.6. The Hall–Kier alpha value is -1.92. The SMILES string of the molecule is CC12CCC3C(CCC4(OC5OC(CO)C(O)C(O)C5O)C=CCCC34C=O)C1(O)CCC2c1ccc(=O)oc1. The van der Waals surface area contributed by atoms with Crippen molar-refractivity contribution in [2.24, 2.45) is 22.7 Å². The zero-order valence-electron chi connectivity index (χ0n) is 22.7. The fourth-order valence-electron chi connectivity index (χ4n) is 9.39. The molecule has 10 nitrogen and oxygen atoms in total. The number of rotatable bonds is 5. The third kappa shape index (κ3) is 3.73. The van der Waals surface area contributed by atoms with Crippen LogP contribution >= 0.6 is 0 Å². The fraction of sp³-hybridized carbons (Fsp3) is 0.733. The van der Waals surface area contributed by atoms with Crippen molar-refractivity contribution in [1.29, 1.82) is 0 Å². The van der Waals surface area contributed by atoms with Crippen molar-refractivity contribution in [3.63, 3.8) is 0 Å². The highest BCUT2D eigenvalue weighted by atomic mass is 16.7. The molecule has 0 radical (unpaired) electrons. The van der Waals surface area contributed by atoms with E-state index in [9.17, 15) is 35.1 Å². The molecular formula is C30H40O10. The minimum absolute atomic E-state index is 0.0123. The normalized spacial score (nSPS) is 50.0. The van der Waals surface area contributed by atoms with Gasteiger partial charge in [0.1, 0.15) is 36.3 Å². The molecule has 6 rings (SSSR count). The summed E-state index contributed by atoms with van der Waals surface area (Å²) in [7, 11) is 0. The molecule has 5 aliphatic rings. The van der Waals surface area contributed by atoms with Gasteiger partial charge < -0.3 is 44.2 Å². The summed E-state index contributed by atoms with van der Waals surface area (Å²) < 4.78 is 17.4. The van der Waals surface area contributed by atoms with E-state index in [0.717, 1.165) is 18.3 Å². The Morgan fingerprint density at radius 2 is 1.80 bits per heavy atom. The van der Waals surface area contributed by atoms with Gasteiger partial charge in [-0.05, 0) is 80.8 Å². The molecule has 5 N–H and O–H groups in total. The number of fused-ring (bicyclic) bond motifs is 5. The van der Waals surface area contributed by atoms with Crippen LogP contribution in [0.3, 0.4) is 0 Å². The number of aldehydes is 1. The van der Waals surface area contributed by atoms with E-state index in [2.05, 4.69) is 6.92 Å². The number of hydrogen-bond acceptors (Lipinski definition) is 10. The molecule has 1 aliphatic heterocycles. The van der Waals surface area contributed by atoms with E-state index in [1.54, 1.807) is 6.07 Å². The highest BCUT2D eigenvalue weighted by Crippen LogP contribution is 2.71. The van der Waals surface area contributed by atoms with Crippen molar-refractivity contribution in [2.45, 2.75) is 106 Å². The predicted molar refractivity (Wildman–Crippen MR) is 140 cm³/mol. The monoisotopic (exact) mass is 560 g/mol. The lowest BCUT2D eigenvalue weighted by molar-refractivity contribution is -0.343. The first-order valence-corrected chi connectivity index (χ1v) is 14.5. The van der Waals surface area contributed by atoms with Crippen LogP contribution in [0, 0.1) is 22.7 Å². The van der Waals surface area contributed by atoms with E-state index in [1.165, 1.54) is 12.3 Å². The van der Waals surface area contributed by atoms with Crippen LogP contribution in [0.2, 0.25) is 0 Å². The first-order valence-electron chi connectivity index (χ1n) is 14.5. The lowest BCUT2D eigenvalue weighted by Gasteiger charge is -2.65. The number of carbonyl (C=O) groups is 1. The molecule has 4 aliphatic carbocycles. The van der Waals surface area contributed by atoms with Gasteiger partial charge in [0.25, 0.3) is 0 Å². The van der Waals surface area contributed by atoms with Crippen LogP contribution in [-0.4, -0.2) is 80.3 Å². The Labute approximate surface area is 232 Å². The van der Waals surface area contributed by atoms with Crippen molar-refractivity contribution in [3.8, 4) is 0 Å². The molecule has 12 atom stereocenters. The molecule has 1 aromatic heterocycles. The van der Waals surface area contributed by atoms with Gasteiger partial charge in [0.15, 0.2) is 6.29 Å². The second-order valence-electron chi connectivity index (χ2n) is 12.9. The summed E-state index contributed by atoms with van der Waals surface area (Å²) >= 11 is 0. The Balaban J connectivity index is 1.34. The summed E-state index contributed by atoms with van der Waals surface area (Å²) in [5.41, 5.74) is -3.17. The number of carbonyl (C=O) groups excluding carboxylic acids is 1. The van der Waals surface area contributed by atoms with Crippen molar-refractivity contribution in [2.75, 3.05) is 6.61 Å². The highest BCUT2D eigenvalue weighted by Gasteiger charge is 2.71. The van der Waals surface area contributed by atoms with Gasteiger partial charge in [0.05, 0.1) is 23.9 Å².